The molecule has 0 unspecified atom stereocenters. The summed E-state index contributed by atoms with van der Waals surface area (Å²) < 4.78 is 19.9. The third kappa shape index (κ3) is 5.73. The first kappa shape index (κ1) is 12.5. The Hall–Kier alpha value is -0.460. The molecule has 0 atom stereocenters. The summed E-state index contributed by atoms with van der Waals surface area (Å²) >= 11 is 0. The lowest BCUT2D eigenvalue weighted by Crippen LogP contribution is -2.06. The zero-order valence-corrected chi connectivity index (χ0v) is 7.64. The van der Waals surface area contributed by atoms with Crippen molar-refractivity contribution >= 4 is 13.6 Å². The Morgan fingerprint density at radius 1 is 1.23 bits per heavy atom. The lowest BCUT2D eigenvalue weighted by Gasteiger charge is -2.14. The van der Waals surface area contributed by atoms with Crippen molar-refractivity contribution < 1.29 is 33.7 Å². The molecule has 0 radical (unpaired) electrons. The van der Waals surface area contributed by atoms with Crippen molar-refractivity contribution in [1.82, 2.24) is 0 Å². The van der Waals surface area contributed by atoms with E-state index in [0.29, 0.717) is 0 Å². The molecular weight excluding hydrogens is 203 g/mol. The van der Waals surface area contributed by atoms with Gasteiger partial charge in [0.2, 0.25) is 0 Å². The van der Waals surface area contributed by atoms with Gasteiger partial charge in [0.15, 0.2) is 13.6 Å². The van der Waals surface area contributed by atoms with Crippen LogP contribution in [0.2, 0.25) is 0 Å². The molecule has 3 N–H and O–H groups in total. The number of rotatable bonds is 7. The van der Waals surface area contributed by atoms with Crippen LogP contribution < -0.4 is 0 Å². The van der Waals surface area contributed by atoms with Crippen LogP contribution in [0.3, 0.4) is 0 Å². The molecule has 8 heteroatoms. The number of hydrogen-bond acceptors (Lipinski definition) is 6. The number of carbonyl (C=O) groups is 1. The molecule has 0 aromatic carbocycles. The summed E-state index contributed by atoms with van der Waals surface area (Å²) in [6.07, 6.45) is -0.805. The molecule has 7 nitrogen and oxygen atoms in total. The first-order valence-corrected chi connectivity index (χ1v) is 5.08. The molecule has 0 heterocycles. The maximum atomic E-state index is 11.3. The predicted molar refractivity (Wildman–Crippen MR) is 41.1 cm³/mol. The van der Waals surface area contributed by atoms with Gasteiger partial charge < -0.3 is 15.3 Å². The van der Waals surface area contributed by atoms with E-state index in [4.69, 9.17) is 15.3 Å². The van der Waals surface area contributed by atoms with E-state index in [1.54, 1.807) is 0 Å². The second-order valence-electron chi connectivity index (χ2n) is 1.99. The summed E-state index contributed by atoms with van der Waals surface area (Å²) in [6.45, 7) is -1.70. The normalized spacial score (nSPS) is 11.5. The van der Waals surface area contributed by atoms with Crippen LogP contribution in [-0.4, -0.2) is 41.0 Å². The lowest BCUT2D eigenvalue weighted by atomic mass is 10.5. The van der Waals surface area contributed by atoms with Gasteiger partial charge in [-0.05, 0) is 0 Å². The average Bonchev–Trinajstić information content (AvgIpc) is 2.02. The van der Waals surface area contributed by atoms with Crippen LogP contribution in [0.15, 0.2) is 0 Å². The molecule has 0 aliphatic rings. The minimum Gasteiger partial charge on any atom is -0.481 e. The number of carboxylic acids is 1. The first-order chi connectivity index (χ1) is 6.04. The fraction of sp³-hybridized carbons (Fsp3) is 0.800. The van der Waals surface area contributed by atoms with E-state index < -0.39 is 33.6 Å². The fourth-order valence-electron chi connectivity index (χ4n) is 0.575. The van der Waals surface area contributed by atoms with Gasteiger partial charge in [-0.15, -0.1) is 0 Å². The number of carboxylic acid groups (broad SMARTS) is 1. The Kier molecular flexibility index (Phi) is 5.85. The number of aliphatic carboxylic acids is 1. The quantitative estimate of drug-likeness (QED) is 0.389. The Labute approximate surface area is 74.4 Å². The molecule has 0 bridgehead atoms. The van der Waals surface area contributed by atoms with Crippen molar-refractivity contribution in [3.8, 4) is 0 Å². The third-order valence-electron chi connectivity index (χ3n) is 1.11. The van der Waals surface area contributed by atoms with E-state index in [1.165, 1.54) is 0 Å². The highest BCUT2D eigenvalue weighted by Crippen LogP contribution is 2.47. The van der Waals surface area contributed by atoms with Gasteiger partial charge in [0, 0.05) is 0 Å². The van der Waals surface area contributed by atoms with Gasteiger partial charge in [-0.2, -0.15) is 0 Å². The third-order valence-corrected chi connectivity index (χ3v) is 2.90. The topological polar surface area (TPSA) is 113 Å². The van der Waals surface area contributed by atoms with Crippen molar-refractivity contribution in [3.63, 3.8) is 0 Å². The average molecular weight is 214 g/mol. The Morgan fingerprint density at radius 2 is 1.69 bits per heavy atom. The Balaban J connectivity index is 4.07. The largest absolute Gasteiger partial charge is 0.481 e. The van der Waals surface area contributed by atoms with E-state index in [2.05, 4.69) is 9.05 Å². The molecular formula is C5H11O7P. The molecule has 0 saturated heterocycles. The van der Waals surface area contributed by atoms with Crippen LogP contribution in [0.1, 0.15) is 6.42 Å². The highest BCUT2D eigenvalue weighted by molar-refractivity contribution is 7.53. The maximum absolute atomic E-state index is 11.3. The monoisotopic (exact) mass is 214 g/mol. The molecule has 0 aromatic rings. The summed E-state index contributed by atoms with van der Waals surface area (Å²) in [7, 11) is -3.65. The molecule has 0 aliphatic carbocycles. The predicted octanol–water partition coefficient (Wildman–Crippen LogP) is -0.413. The van der Waals surface area contributed by atoms with Gasteiger partial charge in [-0.3, -0.25) is 18.4 Å². The van der Waals surface area contributed by atoms with Gasteiger partial charge in [-0.1, -0.05) is 0 Å². The van der Waals surface area contributed by atoms with E-state index in [9.17, 15) is 9.36 Å². The lowest BCUT2D eigenvalue weighted by molar-refractivity contribution is -0.136. The summed E-state index contributed by atoms with van der Waals surface area (Å²) in [5.41, 5.74) is 0. The summed E-state index contributed by atoms with van der Waals surface area (Å²) in [4.78, 5) is 10.1. The molecule has 13 heavy (non-hydrogen) atoms. The minimum absolute atomic E-state index is 0.385. The zero-order valence-electron chi connectivity index (χ0n) is 6.75. The van der Waals surface area contributed by atoms with Crippen molar-refractivity contribution in [1.29, 1.82) is 0 Å². The second-order valence-corrected chi connectivity index (χ2v) is 4.18. The highest BCUT2D eigenvalue weighted by Gasteiger charge is 2.25. The van der Waals surface area contributed by atoms with Gasteiger partial charge in [0.05, 0.1) is 12.6 Å². The van der Waals surface area contributed by atoms with Crippen molar-refractivity contribution in [2.24, 2.45) is 0 Å². The molecule has 0 aromatic heterocycles. The molecule has 0 fully saturated rings. The number of aliphatic hydroxyl groups excluding tert-OH is 2. The maximum Gasteiger partial charge on any atom is 0.335 e. The van der Waals surface area contributed by atoms with Crippen LogP contribution in [0.4, 0.5) is 0 Å². The van der Waals surface area contributed by atoms with E-state index in [0.717, 1.165) is 0 Å². The Bertz CT molecular complexity index is 193. The van der Waals surface area contributed by atoms with Crippen molar-refractivity contribution in [2.45, 2.75) is 6.42 Å². The van der Waals surface area contributed by atoms with Gasteiger partial charge in [0.25, 0.3) is 0 Å². The van der Waals surface area contributed by atoms with Crippen molar-refractivity contribution in [3.05, 3.63) is 0 Å². The van der Waals surface area contributed by atoms with Crippen LogP contribution in [0, 0.1) is 0 Å². The smallest absolute Gasteiger partial charge is 0.335 e. The second kappa shape index (κ2) is 6.06. The van der Waals surface area contributed by atoms with Crippen LogP contribution in [-0.2, 0) is 18.4 Å². The molecule has 0 spiro atoms. The summed E-state index contributed by atoms with van der Waals surface area (Å²) in [6, 6.07) is 0. The molecule has 0 amide bonds. The highest BCUT2D eigenvalue weighted by atomic mass is 31.2. The van der Waals surface area contributed by atoms with E-state index in [1.807, 2.05) is 0 Å². The van der Waals surface area contributed by atoms with Crippen molar-refractivity contribution in [2.75, 3.05) is 19.7 Å². The fourth-order valence-corrected chi connectivity index (χ4v) is 1.72. The number of aliphatic hydroxyl groups is 2. The van der Waals surface area contributed by atoms with Gasteiger partial charge >= 0.3 is 13.6 Å². The molecule has 0 rings (SSSR count). The minimum atomic E-state index is -3.65. The Morgan fingerprint density at radius 3 is 2.00 bits per heavy atom. The zero-order chi connectivity index (χ0) is 10.3. The standard InChI is InChI=1S/C5H11O7P/c6-3-11-13(10,12-4-7)2-1-5(8)9/h6-7H,1-4H2,(H,8,9). The number of hydrogen-bond donors (Lipinski definition) is 3. The summed E-state index contributed by atoms with van der Waals surface area (Å²) in [5.74, 6) is -1.16. The molecule has 78 valence electrons. The van der Waals surface area contributed by atoms with E-state index in [-0.39, 0.29) is 6.16 Å². The van der Waals surface area contributed by atoms with Gasteiger partial charge in [-0.25, -0.2) is 0 Å². The van der Waals surface area contributed by atoms with Crippen LogP contribution >= 0.6 is 7.60 Å². The molecule has 0 aliphatic heterocycles. The van der Waals surface area contributed by atoms with Gasteiger partial charge in [0.1, 0.15) is 0 Å². The molecule has 0 saturated carbocycles. The first-order valence-electron chi connectivity index (χ1n) is 3.36. The van der Waals surface area contributed by atoms with Crippen LogP contribution in [0.25, 0.3) is 0 Å². The van der Waals surface area contributed by atoms with Crippen LogP contribution in [0.5, 0.6) is 0 Å². The SMILES string of the molecule is O=C(O)CCP(=O)(OCO)OCO. The summed E-state index contributed by atoms with van der Waals surface area (Å²) in [5, 5.41) is 24.8. The van der Waals surface area contributed by atoms with E-state index >= 15 is 0 Å².